The SMILES string of the molecule is O=C(O)CN1CCC(CCO)C1. The molecule has 0 aromatic rings. The lowest BCUT2D eigenvalue weighted by Crippen LogP contribution is -2.27. The molecule has 1 saturated heterocycles. The van der Waals surface area contributed by atoms with Crippen LogP contribution in [0.1, 0.15) is 12.8 Å². The predicted octanol–water partition coefficient (Wildman–Crippen LogP) is -0.225. The average molecular weight is 173 g/mol. The molecular weight excluding hydrogens is 158 g/mol. The van der Waals surface area contributed by atoms with Crippen molar-refractivity contribution in [1.29, 1.82) is 0 Å². The Labute approximate surface area is 71.8 Å². The van der Waals surface area contributed by atoms with E-state index in [0.717, 1.165) is 25.9 Å². The third-order valence-electron chi connectivity index (χ3n) is 2.27. The summed E-state index contributed by atoms with van der Waals surface area (Å²) in [5, 5.41) is 17.2. The predicted molar refractivity (Wildman–Crippen MR) is 43.9 cm³/mol. The second kappa shape index (κ2) is 4.42. The summed E-state index contributed by atoms with van der Waals surface area (Å²) >= 11 is 0. The van der Waals surface area contributed by atoms with Gasteiger partial charge < -0.3 is 10.2 Å². The van der Waals surface area contributed by atoms with E-state index in [-0.39, 0.29) is 13.2 Å². The second-order valence-corrected chi connectivity index (χ2v) is 3.30. The summed E-state index contributed by atoms with van der Waals surface area (Å²) in [6.45, 7) is 2.04. The summed E-state index contributed by atoms with van der Waals surface area (Å²) < 4.78 is 0. The van der Waals surface area contributed by atoms with Crippen molar-refractivity contribution in [2.24, 2.45) is 5.92 Å². The topological polar surface area (TPSA) is 60.8 Å². The molecule has 1 unspecified atom stereocenters. The lowest BCUT2D eigenvalue weighted by atomic mass is 10.1. The molecule has 0 amide bonds. The largest absolute Gasteiger partial charge is 0.480 e. The molecule has 0 aliphatic carbocycles. The number of aliphatic hydroxyl groups excluding tert-OH is 1. The van der Waals surface area contributed by atoms with Gasteiger partial charge in [-0.2, -0.15) is 0 Å². The zero-order chi connectivity index (χ0) is 8.97. The summed E-state index contributed by atoms with van der Waals surface area (Å²) in [5.74, 6) is -0.269. The summed E-state index contributed by atoms with van der Waals surface area (Å²) in [7, 11) is 0. The molecule has 12 heavy (non-hydrogen) atoms. The first-order chi connectivity index (χ1) is 5.72. The van der Waals surface area contributed by atoms with Crippen LogP contribution in [0.2, 0.25) is 0 Å². The van der Waals surface area contributed by atoms with Gasteiger partial charge in [0.2, 0.25) is 0 Å². The van der Waals surface area contributed by atoms with Crippen molar-refractivity contribution >= 4 is 5.97 Å². The fourth-order valence-corrected chi connectivity index (χ4v) is 1.67. The smallest absolute Gasteiger partial charge is 0.317 e. The zero-order valence-electron chi connectivity index (χ0n) is 7.07. The van der Waals surface area contributed by atoms with Gasteiger partial charge in [0.05, 0.1) is 6.54 Å². The van der Waals surface area contributed by atoms with E-state index in [1.807, 2.05) is 4.90 Å². The normalized spacial score (nSPS) is 24.6. The molecule has 0 spiro atoms. The van der Waals surface area contributed by atoms with Gasteiger partial charge in [0.1, 0.15) is 0 Å². The number of aliphatic carboxylic acids is 1. The molecule has 1 aliphatic rings. The molecule has 4 nitrogen and oxygen atoms in total. The number of hydrogen-bond acceptors (Lipinski definition) is 3. The number of carboxylic acid groups (broad SMARTS) is 1. The Bertz CT molecular complexity index is 160. The maximum atomic E-state index is 10.3. The van der Waals surface area contributed by atoms with Gasteiger partial charge >= 0.3 is 5.97 Å². The minimum atomic E-state index is -0.764. The Kier molecular flexibility index (Phi) is 3.49. The Morgan fingerprint density at radius 2 is 2.33 bits per heavy atom. The molecule has 1 atom stereocenters. The first-order valence-corrected chi connectivity index (χ1v) is 4.27. The lowest BCUT2D eigenvalue weighted by Gasteiger charge is -2.11. The number of hydrogen-bond donors (Lipinski definition) is 2. The average Bonchev–Trinajstić information content (AvgIpc) is 2.36. The van der Waals surface area contributed by atoms with Gasteiger partial charge in [-0.1, -0.05) is 0 Å². The number of rotatable bonds is 4. The van der Waals surface area contributed by atoms with E-state index in [2.05, 4.69) is 0 Å². The molecule has 0 radical (unpaired) electrons. The van der Waals surface area contributed by atoms with E-state index in [1.165, 1.54) is 0 Å². The van der Waals surface area contributed by atoms with Crippen molar-refractivity contribution in [3.05, 3.63) is 0 Å². The Morgan fingerprint density at radius 1 is 1.58 bits per heavy atom. The Morgan fingerprint density at radius 3 is 2.92 bits per heavy atom. The molecular formula is C8H15NO3. The van der Waals surface area contributed by atoms with Crippen molar-refractivity contribution < 1.29 is 15.0 Å². The highest BCUT2D eigenvalue weighted by molar-refractivity contribution is 5.69. The van der Waals surface area contributed by atoms with Crippen molar-refractivity contribution in [3.63, 3.8) is 0 Å². The monoisotopic (exact) mass is 173 g/mol. The van der Waals surface area contributed by atoms with E-state index in [1.54, 1.807) is 0 Å². The fourth-order valence-electron chi connectivity index (χ4n) is 1.67. The maximum Gasteiger partial charge on any atom is 0.317 e. The van der Waals surface area contributed by atoms with Crippen LogP contribution in [0.25, 0.3) is 0 Å². The van der Waals surface area contributed by atoms with Crippen LogP contribution in [0.4, 0.5) is 0 Å². The minimum absolute atomic E-state index is 0.141. The number of carboxylic acids is 1. The first-order valence-electron chi connectivity index (χ1n) is 4.27. The van der Waals surface area contributed by atoms with Gasteiger partial charge in [-0.15, -0.1) is 0 Å². The van der Waals surface area contributed by atoms with E-state index in [4.69, 9.17) is 10.2 Å². The third kappa shape index (κ3) is 2.79. The fraction of sp³-hybridized carbons (Fsp3) is 0.875. The summed E-state index contributed by atoms with van der Waals surface area (Å²) in [6, 6.07) is 0. The molecule has 0 saturated carbocycles. The highest BCUT2D eigenvalue weighted by atomic mass is 16.4. The van der Waals surface area contributed by atoms with Crippen LogP contribution < -0.4 is 0 Å². The van der Waals surface area contributed by atoms with E-state index in [9.17, 15) is 4.79 Å². The molecule has 1 heterocycles. The van der Waals surface area contributed by atoms with Crippen LogP contribution >= 0.6 is 0 Å². The van der Waals surface area contributed by atoms with Crippen molar-refractivity contribution in [2.45, 2.75) is 12.8 Å². The highest BCUT2D eigenvalue weighted by Gasteiger charge is 2.22. The molecule has 0 aromatic carbocycles. The summed E-state index contributed by atoms with van der Waals surface area (Å²) in [4.78, 5) is 12.2. The number of likely N-dealkylation sites (tertiary alicyclic amines) is 1. The van der Waals surface area contributed by atoms with Gasteiger partial charge in [0.15, 0.2) is 0 Å². The van der Waals surface area contributed by atoms with Gasteiger partial charge in [-0.3, -0.25) is 9.69 Å². The van der Waals surface area contributed by atoms with Crippen molar-refractivity contribution in [3.8, 4) is 0 Å². The number of aliphatic hydroxyl groups is 1. The zero-order valence-corrected chi connectivity index (χ0v) is 7.07. The van der Waals surface area contributed by atoms with Crippen molar-refractivity contribution in [1.82, 2.24) is 4.90 Å². The maximum absolute atomic E-state index is 10.3. The quantitative estimate of drug-likeness (QED) is 0.616. The standard InChI is InChI=1S/C8H15NO3/c10-4-2-7-1-3-9(5-7)6-8(11)12/h7,10H,1-6H2,(H,11,12). The van der Waals surface area contributed by atoms with Crippen LogP contribution in [-0.2, 0) is 4.79 Å². The van der Waals surface area contributed by atoms with Crippen LogP contribution in [0.15, 0.2) is 0 Å². The number of carbonyl (C=O) groups is 1. The van der Waals surface area contributed by atoms with Crippen LogP contribution in [-0.4, -0.2) is 47.3 Å². The molecule has 1 aliphatic heterocycles. The first kappa shape index (κ1) is 9.48. The van der Waals surface area contributed by atoms with Crippen LogP contribution in [0.3, 0.4) is 0 Å². The molecule has 70 valence electrons. The lowest BCUT2D eigenvalue weighted by molar-refractivity contribution is -0.138. The van der Waals surface area contributed by atoms with E-state index in [0.29, 0.717) is 5.92 Å². The molecule has 0 bridgehead atoms. The second-order valence-electron chi connectivity index (χ2n) is 3.30. The minimum Gasteiger partial charge on any atom is -0.480 e. The van der Waals surface area contributed by atoms with Gasteiger partial charge in [0, 0.05) is 13.2 Å². The number of nitrogens with zero attached hydrogens (tertiary/aromatic N) is 1. The molecule has 4 heteroatoms. The molecule has 1 rings (SSSR count). The highest BCUT2D eigenvalue weighted by Crippen LogP contribution is 2.18. The Balaban J connectivity index is 2.21. The summed E-state index contributed by atoms with van der Waals surface area (Å²) in [6.07, 6.45) is 1.82. The van der Waals surface area contributed by atoms with Gasteiger partial charge in [0.25, 0.3) is 0 Å². The third-order valence-corrected chi connectivity index (χ3v) is 2.27. The van der Waals surface area contributed by atoms with Crippen molar-refractivity contribution in [2.75, 3.05) is 26.2 Å². The molecule has 0 aromatic heterocycles. The summed E-state index contributed by atoms with van der Waals surface area (Å²) in [5.41, 5.74) is 0. The van der Waals surface area contributed by atoms with Crippen LogP contribution in [0, 0.1) is 5.92 Å². The van der Waals surface area contributed by atoms with E-state index >= 15 is 0 Å². The van der Waals surface area contributed by atoms with E-state index < -0.39 is 5.97 Å². The molecule has 1 fully saturated rings. The van der Waals surface area contributed by atoms with Gasteiger partial charge in [-0.25, -0.2) is 0 Å². The molecule has 2 N–H and O–H groups in total. The van der Waals surface area contributed by atoms with Crippen LogP contribution in [0.5, 0.6) is 0 Å². The Hall–Kier alpha value is -0.610. The van der Waals surface area contributed by atoms with Gasteiger partial charge in [-0.05, 0) is 25.3 Å².